The van der Waals surface area contributed by atoms with E-state index in [0.29, 0.717) is 11.4 Å². The predicted octanol–water partition coefficient (Wildman–Crippen LogP) is 4.37. The van der Waals surface area contributed by atoms with Crippen LogP contribution in [-0.2, 0) is 20.7 Å². The Morgan fingerprint density at radius 2 is 2.00 bits per heavy atom. The molecule has 28 heavy (non-hydrogen) atoms. The highest BCUT2D eigenvalue weighted by molar-refractivity contribution is 7.13. The number of ether oxygens (including phenoxy) is 1. The van der Waals surface area contributed by atoms with Gasteiger partial charge in [0.15, 0.2) is 6.10 Å². The average molecular weight is 398 g/mol. The Kier molecular flexibility index (Phi) is 6.16. The number of hydrogen-bond donors (Lipinski definition) is 1. The fraction of sp³-hybridized carbons (Fsp3) is 0.190. The van der Waals surface area contributed by atoms with Gasteiger partial charge in [-0.3, -0.25) is 9.59 Å². The quantitative estimate of drug-likeness (QED) is 0.626. The summed E-state index contributed by atoms with van der Waals surface area (Å²) in [5.41, 5.74) is 3.01. The maximum atomic E-state index is 13.2. The molecule has 1 N–H and O–H groups in total. The van der Waals surface area contributed by atoms with Gasteiger partial charge in [-0.05, 0) is 38.1 Å². The molecule has 0 unspecified atom stereocenters. The molecule has 0 aliphatic heterocycles. The van der Waals surface area contributed by atoms with E-state index in [1.165, 1.54) is 36.5 Å². The van der Waals surface area contributed by atoms with Crippen LogP contribution in [0.3, 0.4) is 0 Å². The molecular weight excluding hydrogens is 379 g/mol. The molecule has 5 nitrogen and oxygen atoms in total. The number of aryl methyl sites for hydroxylation is 1. The molecule has 144 valence electrons. The van der Waals surface area contributed by atoms with Crippen LogP contribution < -0.4 is 5.32 Å². The van der Waals surface area contributed by atoms with Crippen LogP contribution in [0.2, 0.25) is 0 Å². The van der Waals surface area contributed by atoms with E-state index in [1.54, 1.807) is 11.4 Å². The Morgan fingerprint density at radius 1 is 1.21 bits per heavy atom. The van der Waals surface area contributed by atoms with Crippen LogP contribution in [0.1, 0.15) is 18.2 Å². The number of amides is 1. The largest absolute Gasteiger partial charge is 0.452 e. The van der Waals surface area contributed by atoms with Crippen molar-refractivity contribution in [1.82, 2.24) is 4.98 Å². The molecule has 7 heteroatoms. The summed E-state index contributed by atoms with van der Waals surface area (Å²) in [6, 6.07) is 13.5. The van der Waals surface area contributed by atoms with Crippen LogP contribution in [0.25, 0.3) is 10.6 Å². The Morgan fingerprint density at radius 3 is 2.75 bits per heavy atom. The number of esters is 1. The van der Waals surface area contributed by atoms with Gasteiger partial charge in [0.2, 0.25) is 0 Å². The van der Waals surface area contributed by atoms with Crippen LogP contribution in [0.5, 0.6) is 0 Å². The lowest BCUT2D eigenvalue weighted by molar-refractivity contribution is -0.152. The van der Waals surface area contributed by atoms with Gasteiger partial charge in [0.1, 0.15) is 10.8 Å². The van der Waals surface area contributed by atoms with E-state index >= 15 is 0 Å². The highest BCUT2D eigenvalue weighted by atomic mass is 32.1. The SMILES string of the molecule is Cc1cccc(-c2nc(CC(=O)O[C@H](C)C(=O)Nc3cccc(F)c3)cs2)c1. The number of thiazole rings is 1. The molecule has 1 amide bonds. The van der Waals surface area contributed by atoms with E-state index in [0.717, 1.165) is 16.1 Å². The number of anilines is 1. The summed E-state index contributed by atoms with van der Waals surface area (Å²) in [7, 11) is 0. The maximum Gasteiger partial charge on any atom is 0.312 e. The summed E-state index contributed by atoms with van der Waals surface area (Å²) in [4.78, 5) is 28.7. The lowest BCUT2D eigenvalue weighted by atomic mass is 10.1. The summed E-state index contributed by atoms with van der Waals surface area (Å²) in [5.74, 6) is -1.55. The third-order valence-corrected chi connectivity index (χ3v) is 4.85. The van der Waals surface area contributed by atoms with Gasteiger partial charge in [0.25, 0.3) is 5.91 Å². The number of benzene rings is 2. The van der Waals surface area contributed by atoms with Gasteiger partial charge in [-0.1, -0.05) is 29.8 Å². The zero-order valence-electron chi connectivity index (χ0n) is 15.4. The number of hydrogen-bond acceptors (Lipinski definition) is 5. The summed E-state index contributed by atoms with van der Waals surface area (Å²) in [6.07, 6.45) is -1.04. The normalized spacial score (nSPS) is 11.7. The summed E-state index contributed by atoms with van der Waals surface area (Å²) < 4.78 is 18.3. The molecular formula is C21H19FN2O3S. The second-order valence-electron chi connectivity index (χ2n) is 6.32. The minimum atomic E-state index is -1.01. The van der Waals surface area contributed by atoms with Crippen molar-refractivity contribution >= 4 is 28.9 Å². The molecule has 0 aliphatic carbocycles. The van der Waals surface area contributed by atoms with Gasteiger partial charge in [-0.15, -0.1) is 11.3 Å². The van der Waals surface area contributed by atoms with E-state index in [4.69, 9.17) is 4.74 Å². The fourth-order valence-electron chi connectivity index (χ4n) is 2.55. The Labute approximate surface area is 166 Å². The van der Waals surface area contributed by atoms with Crippen LogP contribution in [0.4, 0.5) is 10.1 Å². The highest BCUT2D eigenvalue weighted by Crippen LogP contribution is 2.24. The van der Waals surface area contributed by atoms with Crippen LogP contribution in [0.15, 0.2) is 53.9 Å². The second kappa shape index (κ2) is 8.75. The highest BCUT2D eigenvalue weighted by Gasteiger charge is 2.19. The summed E-state index contributed by atoms with van der Waals surface area (Å²) in [6.45, 7) is 3.47. The number of nitrogens with one attached hydrogen (secondary N) is 1. The molecule has 3 rings (SSSR count). The van der Waals surface area contributed by atoms with Crippen molar-refractivity contribution in [3.63, 3.8) is 0 Å². The minimum absolute atomic E-state index is 0.0279. The molecule has 1 aromatic heterocycles. The lowest BCUT2D eigenvalue weighted by Crippen LogP contribution is -2.30. The number of nitrogens with zero attached hydrogens (tertiary/aromatic N) is 1. The average Bonchev–Trinajstić information content (AvgIpc) is 3.10. The number of carbonyl (C=O) groups excluding carboxylic acids is 2. The van der Waals surface area contributed by atoms with Gasteiger partial charge in [-0.2, -0.15) is 0 Å². The molecule has 0 saturated heterocycles. The lowest BCUT2D eigenvalue weighted by Gasteiger charge is -2.13. The smallest absolute Gasteiger partial charge is 0.312 e. The van der Waals surface area contributed by atoms with Crippen LogP contribution in [-0.4, -0.2) is 23.0 Å². The third kappa shape index (κ3) is 5.23. The zero-order valence-corrected chi connectivity index (χ0v) is 16.3. The standard InChI is InChI=1S/C21H19FN2O3S/c1-13-5-3-6-15(9-13)21-24-18(12-28-21)11-19(25)27-14(2)20(26)23-17-8-4-7-16(22)10-17/h3-10,12,14H,11H2,1-2H3,(H,23,26)/t14-/m1/s1. The molecule has 0 fully saturated rings. The maximum absolute atomic E-state index is 13.2. The first-order chi connectivity index (χ1) is 13.4. The van der Waals surface area contributed by atoms with Crippen LogP contribution >= 0.6 is 11.3 Å². The molecule has 0 radical (unpaired) electrons. The number of rotatable bonds is 6. The van der Waals surface area contributed by atoms with Crippen LogP contribution in [0, 0.1) is 12.7 Å². The van der Waals surface area contributed by atoms with Crippen molar-refractivity contribution in [3.05, 3.63) is 71.0 Å². The monoisotopic (exact) mass is 398 g/mol. The van der Waals surface area contributed by atoms with Gasteiger partial charge in [0.05, 0.1) is 12.1 Å². The summed E-state index contributed by atoms with van der Waals surface area (Å²) in [5, 5.41) is 5.14. The molecule has 2 aromatic carbocycles. The molecule has 3 aromatic rings. The zero-order chi connectivity index (χ0) is 20.1. The van der Waals surface area contributed by atoms with Crippen molar-refractivity contribution < 1.29 is 18.7 Å². The Bertz CT molecular complexity index is 1000. The molecule has 1 atom stereocenters. The topological polar surface area (TPSA) is 68.3 Å². The molecule has 0 aliphatic rings. The molecule has 0 spiro atoms. The van der Waals surface area contributed by atoms with Crippen molar-refractivity contribution in [2.24, 2.45) is 0 Å². The first-order valence-corrected chi connectivity index (χ1v) is 9.56. The number of carbonyl (C=O) groups is 2. The molecule has 0 saturated carbocycles. The molecule has 0 bridgehead atoms. The van der Waals surface area contributed by atoms with Crippen molar-refractivity contribution in [2.75, 3.05) is 5.32 Å². The minimum Gasteiger partial charge on any atom is -0.452 e. The Hall–Kier alpha value is -3.06. The number of halogens is 1. The van der Waals surface area contributed by atoms with E-state index < -0.39 is 23.8 Å². The van der Waals surface area contributed by atoms with E-state index in [9.17, 15) is 14.0 Å². The van der Waals surface area contributed by atoms with Gasteiger partial charge in [0, 0.05) is 16.6 Å². The predicted molar refractivity (Wildman–Crippen MR) is 107 cm³/mol. The van der Waals surface area contributed by atoms with Crippen molar-refractivity contribution in [3.8, 4) is 10.6 Å². The third-order valence-electron chi connectivity index (χ3n) is 3.91. The first-order valence-electron chi connectivity index (χ1n) is 8.68. The first kappa shape index (κ1) is 19.7. The molecule has 1 heterocycles. The van der Waals surface area contributed by atoms with Gasteiger partial charge >= 0.3 is 5.97 Å². The second-order valence-corrected chi connectivity index (χ2v) is 7.18. The van der Waals surface area contributed by atoms with Crippen molar-refractivity contribution in [2.45, 2.75) is 26.4 Å². The van der Waals surface area contributed by atoms with Gasteiger partial charge < -0.3 is 10.1 Å². The van der Waals surface area contributed by atoms with Gasteiger partial charge in [-0.25, -0.2) is 9.37 Å². The fourth-order valence-corrected chi connectivity index (χ4v) is 3.37. The van der Waals surface area contributed by atoms with E-state index in [-0.39, 0.29) is 6.42 Å². The summed E-state index contributed by atoms with van der Waals surface area (Å²) >= 11 is 1.45. The number of aromatic nitrogens is 1. The van der Waals surface area contributed by atoms with E-state index in [1.807, 2.05) is 31.2 Å². The Balaban J connectivity index is 1.55. The van der Waals surface area contributed by atoms with Crippen molar-refractivity contribution in [1.29, 1.82) is 0 Å². The van der Waals surface area contributed by atoms with E-state index in [2.05, 4.69) is 10.3 Å².